The molecule has 1 N–H and O–H groups in total. The van der Waals surface area contributed by atoms with Gasteiger partial charge in [-0.3, -0.25) is 14.5 Å². The molecule has 1 aliphatic heterocycles. The molecule has 0 spiro atoms. The summed E-state index contributed by atoms with van der Waals surface area (Å²) in [5.74, 6) is -1.41. The maximum atomic E-state index is 12.0. The number of likely N-dealkylation sites (tertiary alicyclic amines) is 1. The Morgan fingerprint density at radius 1 is 1.28 bits per heavy atom. The van der Waals surface area contributed by atoms with Crippen LogP contribution in [0.1, 0.15) is 38.5 Å². The summed E-state index contributed by atoms with van der Waals surface area (Å²) in [4.78, 5) is 40.9. The van der Waals surface area contributed by atoms with Crippen molar-refractivity contribution >= 4 is 39.4 Å². The Kier molecular flexibility index (Phi) is 6.01. The highest BCUT2D eigenvalue weighted by Gasteiger charge is 2.42. The molecule has 0 radical (unpaired) electrons. The van der Waals surface area contributed by atoms with Gasteiger partial charge < -0.3 is 5.11 Å². The first-order valence-corrected chi connectivity index (χ1v) is 10.6. The average Bonchev–Trinajstić information content (AvgIpc) is 2.88. The highest BCUT2D eigenvalue weighted by atomic mass is 33.1. The molecule has 3 rings (SSSR count). The standard InChI is InChI=1S/C17H20N2O4S2/c20-15-7-8-16(21)19(15)12(17(22)23)10-13(11-4-3-5-11)24-25-14-6-1-2-9-18-14/h1-2,6,9,11-13H,3-5,7-8,10H2,(H,22,23). The first-order valence-electron chi connectivity index (χ1n) is 8.38. The molecule has 2 unspecified atom stereocenters. The van der Waals surface area contributed by atoms with Gasteiger partial charge in [0.15, 0.2) is 0 Å². The van der Waals surface area contributed by atoms with Crippen LogP contribution in [0.5, 0.6) is 0 Å². The molecule has 0 aromatic carbocycles. The van der Waals surface area contributed by atoms with Crippen LogP contribution in [0.25, 0.3) is 0 Å². The Morgan fingerprint density at radius 3 is 2.52 bits per heavy atom. The van der Waals surface area contributed by atoms with E-state index < -0.39 is 12.0 Å². The second-order valence-corrected chi connectivity index (χ2v) is 8.78. The fourth-order valence-corrected chi connectivity index (χ4v) is 5.93. The third-order valence-corrected chi connectivity index (χ3v) is 7.59. The number of carbonyl (C=O) groups excluding carboxylic acids is 2. The number of aliphatic carboxylic acids is 1. The summed E-state index contributed by atoms with van der Waals surface area (Å²) in [6.07, 6.45) is 5.53. The Bertz CT molecular complexity index is 635. The molecule has 1 saturated carbocycles. The SMILES string of the molecule is O=C(O)C(CC(SSc1ccccn1)C1CCC1)N1C(=O)CCC1=O. The summed E-state index contributed by atoms with van der Waals surface area (Å²) < 4.78 is 0. The van der Waals surface area contributed by atoms with E-state index in [2.05, 4.69) is 4.98 Å². The van der Waals surface area contributed by atoms with Crippen LogP contribution in [0, 0.1) is 5.92 Å². The summed E-state index contributed by atoms with van der Waals surface area (Å²) in [5.41, 5.74) is 0. The van der Waals surface area contributed by atoms with Gasteiger partial charge in [0.05, 0.1) is 0 Å². The minimum Gasteiger partial charge on any atom is -0.480 e. The molecule has 6 nitrogen and oxygen atoms in total. The number of hydrogen-bond acceptors (Lipinski definition) is 6. The smallest absolute Gasteiger partial charge is 0.326 e. The number of pyridine rings is 1. The first kappa shape index (κ1) is 18.3. The first-order chi connectivity index (χ1) is 12.1. The largest absolute Gasteiger partial charge is 0.480 e. The number of carbonyl (C=O) groups is 3. The maximum Gasteiger partial charge on any atom is 0.326 e. The number of aromatic nitrogens is 1. The van der Waals surface area contributed by atoms with Crippen molar-refractivity contribution in [3.05, 3.63) is 24.4 Å². The van der Waals surface area contributed by atoms with Crippen molar-refractivity contribution in [1.29, 1.82) is 0 Å². The van der Waals surface area contributed by atoms with E-state index in [9.17, 15) is 19.5 Å². The van der Waals surface area contributed by atoms with Gasteiger partial charge in [0.25, 0.3) is 0 Å². The predicted octanol–water partition coefficient (Wildman–Crippen LogP) is 2.98. The molecule has 2 atom stereocenters. The van der Waals surface area contributed by atoms with Crippen LogP contribution in [-0.4, -0.2) is 44.1 Å². The van der Waals surface area contributed by atoms with Crippen LogP contribution < -0.4 is 0 Å². The number of amides is 2. The van der Waals surface area contributed by atoms with Gasteiger partial charge in [-0.05, 0) is 48.1 Å². The molecular formula is C17H20N2O4S2. The van der Waals surface area contributed by atoms with Gasteiger partial charge >= 0.3 is 5.97 Å². The molecule has 1 aliphatic carbocycles. The van der Waals surface area contributed by atoms with E-state index in [1.165, 1.54) is 10.8 Å². The average molecular weight is 380 g/mol. The fourth-order valence-electron chi connectivity index (χ4n) is 3.11. The molecule has 1 saturated heterocycles. The Balaban J connectivity index is 1.70. The van der Waals surface area contributed by atoms with Crippen LogP contribution in [-0.2, 0) is 14.4 Å². The van der Waals surface area contributed by atoms with E-state index in [1.54, 1.807) is 17.0 Å². The van der Waals surface area contributed by atoms with Gasteiger partial charge in [-0.2, -0.15) is 0 Å². The quantitative estimate of drug-likeness (QED) is 0.548. The summed E-state index contributed by atoms with van der Waals surface area (Å²) in [6.45, 7) is 0. The molecular weight excluding hydrogens is 360 g/mol. The molecule has 2 fully saturated rings. The van der Waals surface area contributed by atoms with E-state index in [0.29, 0.717) is 12.3 Å². The normalized spacial score (nSPS) is 20.4. The third kappa shape index (κ3) is 4.36. The van der Waals surface area contributed by atoms with Crippen molar-refractivity contribution in [2.75, 3.05) is 0 Å². The number of rotatable bonds is 8. The van der Waals surface area contributed by atoms with Crippen LogP contribution in [0.4, 0.5) is 0 Å². The number of nitrogens with zero attached hydrogens (tertiary/aromatic N) is 2. The van der Waals surface area contributed by atoms with Crippen LogP contribution in [0.3, 0.4) is 0 Å². The van der Waals surface area contributed by atoms with E-state index in [0.717, 1.165) is 29.2 Å². The van der Waals surface area contributed by atoms with Crippen LogP contribution >= 0.6 is 21.6 Å². The second kappa shape index (κ2) is 8.23. The Hall–Kier alpha value is -1.54. The third-order valence-electron chi connectivity index (χ3n) is 4.71. The molecule has 8 heteroatoms. The zero-order chi connectivity index (χ0) is 17.8. The highest BCUT2D eigenvalue weighted by molar-refractivity contribution is 8.76. The van der Waals surface area contributed by atoms with Crippen LogP contribution in [0.15, 0.2) is 29.4 Å². The van der Waals surface area contributed by atoms with E-state index in [1.807, 2.05) is 18.2 Å². The topological polar surface area (TPSA) is 87.6 Å². The summed E-state index contributed by atoms with van der Waals surface area (Å²) >= 11 is 0. The van der Waals surface area contributed by atoms with E-state index in [4.69, 9.17) is 0 Å². The van der Waals surface area contributed by atoms with Gasteiger partial charge in [-0.15, -0.1) is 0 Å². The lowest BCUT2D eigenvalue weighted by atomic mass is 9.80. The molecule has 134 valence electrons. The predicted molar refractivity (Wildman–Crippen MR) is 95.9 cm³/mol. The lowest BCUT2D eigenvalue weighted by Crippen LogP contribution is -2.47. The lowest BCUT2D eigenvalue weighted by Gasteiger charge is -2.35. The van der Waals surface area contributed by atoms with Gasteiger partial charge in [0, 0.05) is 24.3 Å². The molecule has 2 heterocycles. The monoisotopic (exact) mass is 380 g/mol. The zero-order valence-corrected chi connectivity index (χ0v) is 15.3. The second-order valence-electron chi connectivity index (χ2n) is 6.32. The lowest BCUT2D eigenvalue weighted by molar-refractivity contribution is -0.154. The van der Waals surface area contributed by atoms with Crippen molar-refractivity contribution in [1.82, 2.24) is 9.88 Å². The molecule has 2 amide bonds. The molecule has 0 bridgehead atoms. The summed E-state index contributed by atoms with van der Waals surface area (Å²) in [6, 6.07) is 4.61. The minimum absolute atomic E-state index is 0.0723. The van der Waals surface area contributed by atoms with Crippen LogP contribution in [0.2, 0.25) is 0 Å². The number of imide groups is 1. The zero-order valence-electron chi connectivity index (χ0n) is 13.7. The molecule has 1 aromatic heterocycles. The van der Waals surface area contributed by atoms with Gasteiger partial charge in [0.2, 0.25) is 11.8 Å². The van der Waals surface area contributed by atoms with Crippen molar-refractivity contribution in [2.45, 2.75) is 54.8 Å². The van der Waals surface area contributed by atoms with Gasteiger partial charge in [-0.1, -0.05) is 23.3 Å². The van der Waals surface area contributed by atoms with Crippen molar-refractivity contribution < 1.29 is 19.5 Å². The Morgan fingerprint density at radius 2 is 2.00 bits per heavy atom. The summed E-state index contributed by atoms with van der Waals surface area (Å²) in [5, 5.41) is 10.5. The Labute approximate surface area is 154 Å². The van der Waals surface area contributed by atoms with Crippen molar-refractivity contribution in [2.24, 2.45) is 5.92 Å². The highest BCUT2D eigenvalue weighted by Crippen LogP contribution is 2.45. The molecule has 25 heavy (non-hydrogen) atoms. The van der Waals surface area contributed by atoms with E-state index >= 15 is 0 Å². The minimum atomic E-state index is -1.10. The van der Waals surface area contributed by atoms with Crippen molar-refractivity contribution in [3.63, 3.8) is 0 Å². The molecule has 2 aliphatic rings. The summed E-state index contributed by atoms with van der Waals surface area (Å²) in [7, 11) is 3.14. The maximum absolute atomic E-state index is 12.0. The molecule has 1 aromatic rings. The number of carboxylic acids is 1. The van der Waals surface area contributed by atoms with Crippen molar-refractivity contribution in [3.8, 4) is 0 Å². The number of carboxylic acid groups (broad SMARTS) is 1. The van der Waals surface area contributed by atoms with E-state index in [-0.39, 0.29) is 29.9 Å². The van der Waals surface area contributed by atoms with Gasteiger partial charge in [0.1, 0.15) is 11.1 Å². The number of hydrogen-bond donors (Lipinski definition) is 1. The fraction of sp³-hybridized carbons (Fsp3) is 0.529. The van der Waals surface area contributed by atoms with Gasteiger partial charge in [-0.25, -0.2) is 9.78 Å².